The molecule has 1 aliphatic heterocycles. The fraction of sp³-hybridized carbons (Fsp3) is 0.250. The Hall–Kier alpha value is -2.56. The van der Waals surface area contributed by atoms with Crippen LogP contribution in [0.5, 0.6) is 5.75 Å². The number of nitrogens with zero attached hydrogens (tertiary/aromatic N) is 1. The molecule has 0 aliphatic carbocycles. The van der Waals surface area contributed by atoms with Crippen molar-refractivity contribution >= 4 is 17.5 Å². The van der Waals surface area contributed by atoms with E-state index in [9.17, 15) is 4.79 Å². The molecule has 0 saturated carbocycles. The molecule has 0 amide bonds. The molecule has 1 N–H and O–H groups in total. The minimum Gasteiger partial charge on any atom is -0.457 e. The number of carbonyl (C=O) groups excluding carboxylic acids is 1. The SMILES string of the molecule is Cc1c(NC2=NCCC2)cccc1OC(=O)c1ccco1. The highest BCUT2D eigenvalue weighted by molar-refractivity contribution is 5.97. The zero-order chi connectivity index (χ0) is 14.7. The largest absolute Gasteiger partial charge is 0.457 e. The van der Waals surface area contributed by atoms with Crippen LogP contribution in [0, 0.1) is 6.92 Å². The second-order valence-electron chi connectivity index (χ2n) is 4.85. The third-order valence-electron chi connectivity index (χ3n) is 3.36. The Morgan fingerprint density at radius 2 is 2.24 bits per heavy atom. The van der Waals surface area contributed by atoms with Gasteiger partial charge in [0.05, 0.1) is 6.26 Å². The highest BCUT2D eigenvalue weighted by Crippen LogP contribution is 2.27. The van der Waals surface area contributed by atoms with Crippen LogP contribution < -0.4 is 10.1 Å². The van der Waals surface area contributed by atoms with Crippen molar-refractivity contribution in [2.75, 3.05) is 11.9 Å². The Morgan fingerprint density at radius 3 is 2.95 bits per heavy atom. The Balaban J connectivity index is 1.78. The van der Waals surface area contributed by atoms with Crippen LogP contribution in [0.2, 0.25) is 0 Å². The van der Waals surface area contributed by atoms with E-state index in [1.54, 1.807) is 18.2 Å². The number of hydrogen-bond acceptors (Lipinski definition) is 5. The van der Waals surface area contributed by atoms with Gasteiger partial charge in [0.1, 0.15) is 11.6 Å². The van der Waals surface area contributed by atoms with E-state index in [4.69, 9.17) is 9.15 Å². The second kappa shape index (κ2) is 5.83. The van der Waals surface area contributed by atoms with Crippen molar-refractivity contribution in [2.45, 2.75) is 19.8 Å². The van der Waals surface area contributed by atoms with E-state index in [1.165, 1.54) is 6.26 Å². The van der Waals surface area contributed by atoms with Gasteiger partial charge in [0, 0.05) is 24.2 Å². The Morgan fingerprint density at radius 1 is 1.33 bits per heavy atom. The van der Waals surface area contributed by atoms with Gasteiger partial charge in [0.2, 0.25) is 5.76 Å². The molecule has 5 heteroatoms. The van der Waals surface area contributed by atoms with Gasteiger partial charge in [0.25, 0.3) is 0 Å². The number of nitrogens with one attached hydrogen (secondary N) is 1. The van der Waals surface area contributed by atoms with Gasteiger partial charge in [-0.15, -0.1) is 0 Å². The standard InChI is InChI=1S/C16H16N2O3/c1-11-12(18-15-8-3-9-17-15)5-2-6-13(11)21-16(19)14-7-4-10-20-14/h2,4-7,10H,3,8-9H2,1H3,(H,17,18). The zero-order valence-corrected chi connectivity index (χ0v) is 11.8. The Labute approximate surface area is 122 Å². The number of ether oxygens (including phenoxy) is 1. The summed E-state index contributed by atoms with van der Waals surface area (Å²) in [4.78, 5) is 16.3. The van der Waals surface area contributed by atoms with Gasteiger partial charge in [-0.2, -0.15) is 0 Å². The van der Waals surface area contributed by atoms with Gasteiger partial charge in [-0.25, -0.2) is 4.79 Å². The smallest absolute Gasteiger partial charge is 0.379 e. The van der Waals surface area contributed by atoms with Crippen LogP contribution >= 0.6 is 0 Å². The summed E-state index contributed by atoms with van der Waals surface area (Å²) in [7, 11) is 0. The first-order valence-electron chi connectivity index (χ1n) is 6.89. The number of aliphatic imine (C=N–C) groups is 1. The zero-order valence-electron chi connectivity index (χ0n) is 11.8. The van der Waals surface area contributed by atoms with Crippen molar-refractivity contribution in [1.82, 2.24) is 0 Å². The van der Waals surface area contributed by atoms with Crippen LogP contribution in [0.4, 0.5) is 5.69 Å². The minimum atomic E-state index is -0.501. The first-order valence-corrected chi connectivity index (χ1v) is 6.89. The van der Waals surface area contributed by atoms with E-state index in [-0.39, 0.29) is 5.76 Å². The molecule has 3 rings (SSSR count). The van der Waals surface area contributed by atoms with Crippen LogP contribution in [0.3, 0.4) is 0 Å². The number of anilines is 1. The molecule has 0 fully saturated rings. The maximum absolute atomic E-state index is 11.9. The third kappa shape index (κ3) is 2.97. The number of amidine groups is 1. The predicted octanol–water partition coefficient (Wildman–Crippen LogP) is 3.41. The number of benzene rings is 1. The molecule has 0 saturated heterocycles. The molecule has 2 aromatic rings. The fourth-order valence-corrected chi connectivity index (χ4v) is 2.20. The molecule has 5 nitrogen and oxygen atoms in total. The number of esters is 1. The van der Waals surface area contributed by atoms with E-state index in [0.717, 1.165) is 36.5 Å². The van der Waals surface area contributed by atoms with Crippen LogP contribution in [0.15, 0.2) is 46.0 Å². The van der Waals surface area contributed by atoms with E-state index in [1.807, 2.05) is 19.1 Å². The highest BCUT2D eigenvalue weighted by Gasteiger charge is 2.15. The summed E-state index contributed by atoms with van der Waals surface area (Å²) >= 11 is 0. The van der Waals surface area contributed by atoms with Crippen molar-refractivity contribution in [1.29, 1.82) is 0 Å². The first kappa shape index (κ1) is 13.4. The van der Waals surface area contributed by atoms with Crippen LogP contribution in [-0.4, -0.2) is 18.3 Å². The van der Waals surface area contributed by atoms with Gasteiger partial charge in [-0.3, -0.25) is 4.99 Å². The summed E-state index contributed by atoms with van der Waals surface area (Å²) in [5.74, 6) is 1.18. The molecule has 21 heavy (non-hydrogen) atoms. The molecule has 0 atom stereocenters. The van der Waals surface area contributed by atoms with E-state index in [2.05, 4.69) is 10.3 Å². The van der Waals surface area contributed by atoms with Gasteiger partial charge in [-0.1, -0.05) is 6.07 Å². The molecule has 108 valence electrons. The summed E-state index contributed by atoms with van der Waals surface area (Å²) < 4.78 is 10.4. The summed E-state index contributed by atoms with van der Waals surface area (Å²) in [6, 6.07) is 8.78. The molecule has 2 heterocycles. The van der Waals surface area contributed by atoms with Crippen LogP contribution in [0.25, 0.3) is 0 Å². The lowest BCUT2D eigenvalue weighted by molar-refractivity contribution is 0.0700. The molecule has 1 aliphatic rings. The van der Waals surface area contributed by atoms with E-state index in [0.29, 0.717) is 5.75 Å². The van der Waals surface area contributed by atoms with Gasteiger partial charge in [-0.05, 0) is 37.6 Å². The first-order chi connectivity index (χ1) is 10.2. The molecular weight excluding hydrogens is 268 g/mol. The topological polar surface area (TPSA) is 63.8 Å². The van der Waals surface area contributed by atoms with Crippen molar-refractivity contribution in [3.8, 4) is 5.75 Å². The van der Waals surface area contributed by atoms with Gasteiger partial charge in [0.15, 0.2) is 0 Å². The minimum absolute atomic E-state index is 0.188. The van der Waals surface area contributed by atoms with E-state index >= 15 is 0 Å². The molecule has 0 bridgehead atoms. The monoisotopic (exact) mass is 284 g/mol. The number of furan rings is 1. The van der Waals surface area contributed by atoms with Gasteiger partial charge >= 0.3 is 5.97 Å². The predicted molar refractivity (Wildman–Crippen MR) is 80.0 cm³/mol. The average Bonchev–Trinajstić information content (AvgIpc) is 3.16. The summed E-state index contributed by atoms with van der Waals surface area (Å²) in [6.07, 6.45) is 3.48. The summed E-state index contributed by atoms with van der Waals surface area (Å²) in [5, 5.41) is 3.29. The lowest BCUT2D eigenvalue weighted by atomic mass is 10.1. The average molecular weight is 284 g/mol. The van der Waals surface area contributed by atoms with Crippen molar-refractivity contribution in [3.63, 3.8) is 0 Å². The molecular formula is C16H16N2O3. The Kier molecular flexibility index (Phi) is 3.73. The number of carbonyl (C=O) groups is 1. The molecule has 1 aromatic heterocycles. The van der Waals surface area contributed by atoms with Crippen molar-refractivity contribution < 1.29 is 13.9 Å². The number of rotatable bonds is 3. The normalized spacial score (nSPS) is 13.9. The summed E-state index contributed by atoms with van der Waals surface area (Å²) in [6.45, 7) is 2.77. The molecule has 0 unspecified atom stereocenters. The number of hydrogen-bond donors (Lipinski definition) is 1. The molecule has 1 aromatic carbocycles. The summed E-state index contributed by atoms with van der Waals surface area (Å²) in [5.41, 5.74) is 1.77. The Bertz CT molecular complexity index is 675. The second-order valence-corrected chi connectivity index (χ2v) is 4.85. The fourth-order valence-electron chi connectivity index (χ4n) is 2.20. The lowest BCUT2D eigenvalue weighted by Crippen LogP contribution is -2.12. The maximum Gasteiger partial charge on any atom is 0.379 e. The van der Waals surface area contributed by atoms with Crippen molar-refractivity contribution in [2.24, 2.45) is 4.99 Å². The quantitative estimate of drug-likeness (QED) is 0.693. The maximum atomic E-state index is 11.9. The third-order valence-corrected chi connectivity index (χ3v) is 3.36. The lowest BCUT2D eigenvalue weighted by Gasteiger charge is -2.12. The van der Waals surface area contributed by atoms with Crippen LogP contribution in [0.1, 0.15) is 29.0 Å². The van der Waals surface area contributed by atoms with Gasteiger partial charge < -0.3 is 14.5 Å². The van der Waals surface area contributed by atoms with Crippen molar-refractivity contribution in [3.05, 3.63) is 47.9 Å². The molecule has 0 radical (unpaired) electrons. The highest BCUT2D eigenvalue weighted by atomic mass is 16.5. The van der Waals surface area contributed by atoms with Crippen LogP contribution in [-0.2, 0) is 0 Å². The van der Waals surface area contributed by atoms with E-state index < -0.39 is 5.97 Å². The molecule has 0 spiro atoms.